The molecule has 17 heavy (non-hydrogen) atoms. The zero-order valence-corrected chi connectivity index (χ0v) is 10.5. The zero-order chi connectivity index (χ0) is 11.8. The van der Waals surface area contributed by atoms with Crippen molar-refractivity contribution >= 4 is 11.0 Å². The van der Waals surface area contributed by atoms with Gasteiger partial charge in [-0.15, -0.1) is 0 Å². The first-order valence-electron chi connectivity index (χ1n) is 6.44. The Morgan fingerprint density at radius 1 is 1.35 bits per heavy atom. The first-order chi connectivity index (χ1) is 8.25. The molecule has 1 unspecified atom stereocenters. The molecule has 0 spiro atoms. The Bertz CT molecular complexity index is 535. The van der Waals surface area contributed by atoms with Crippen LogP contribution in [0, 0.1) is 19.8 Å². The van der Waals surface area contributed by atoms with Crippen molar-refractivity contribution in [1.82, 2.24) is 5.32 Å². The summed E-state index contributed by atoms with van der Waals surface area (Å²) in [5.74, 6) is 1.84. The molecule has 2 aromatic rings. The second-order valence-corrected chi connectivity index (χ2v) is 5.14. The van der Waals surface area contributed by atoms with Gasteiger partial charge >= 0.3 is 0 Å². The van der Waals surface area contributed by atoms with Crippen molar-refractivity contribution < 1.29 is 4.42 Å². The highest BCUT2D eigenvalue weighted by atomic mass is 16.3. The van der Waals surface area contributed by atoms with Gasteiger partial charge in [0.25, 0.3) is 0 Å². The van der Waals surface area contributed by atoms with E-state index in [1.54, 1.807) is 0 Å². The molecule has 0 amide bonds. The van der Waals surface area contributed by atoms with Crippen LogP contribution in [-0.2, 0) is 6.42 Å². The molecule has 1 saturated heterocycles. The van der Waals surface area contributed by atoms with E-state index < -0.39 is 0 Å². The van der Waals surface area contributed by atoms with E-state index in [2.05, 4.69) is 37.4 Å². The van der Waals surface area contributed by atoms with Gasteiger partial charge in [-0.2, -0.15) is 0 Å². The maximum absolute atomic E-state index is 5.79. The van der Waals surface area contributed by atoms with Crippen molar-refractivity contribution in [2.75, 3.05) is 13.1 Å². The summed E-state index contributed by atoms with van der Waals surface area (Å²) in [5, 5.41) is 4.78. The molecule has 2 nitrogen and oxygen atoms in total. The number of aryl methyl sites for hydroxylation is 2. The highest BCUT2D eigenvalue weighted by Gasteiger charge is 2.18. The zero-order valence-electron chi connectivity index (χ0n) is 10.5. The SMILES string of the molecule is Cc1oc2cccc(CC3CCNC3)c2c1C. The van der Waals surface area contributed by atoms with E-state index >= 15 is 0 Å². The minimum atomic E-state index is 0.787. The van der Waals surface area contributed by atoms with Gasteiger partial charge in [0.15, 0.2) is 0 Å². The van der Waals surface area contributed by atoms with Crippen LogP contribution in [0.2, 0.25) is 0 Å². The minimum Gasteiger partial charge on any atom is -0.461 e. The first kappa shape index (κ1) is 10.8. The Morgan fingerprint density at radius 3 is 3.00 bits per heavy atom. The number of benzene rings is 1. The summed E-state index contributed by atoms with van der Waals surface area (Å²) in [7, 11) is 0. The number of fused-ring (bicyclic) bond motifs is 1. The Balaban J connectivity index is 2.02. The number of rotatable bonds is 2. The lowest BCUT2D eigenvalue weighted by molar-refractivity contribution is 0.573. The lowest BCUT2D eigenvalue weighted by atomic mass is 9.95. The molecular weight excluding hydrogens is 210 g/mol. The first-order valence-corrected chi connectivity index (χ1v) is 6.44. The number of nitrogens with one attached hydrogen (secondary N) is 1. The minimum absolute atomic E-state index is 0.787. The summed E-state index contributed by atoms with van der Waals surface area (Å²) in [6.45, 7) is 6.55. The van der Waals surface area contributed by atoms with Crippen molar-refractivity contribution in [3.8, 4) is 0 Å². The summed E-state index contributed by atoms with van der Waals surface area (Å²) in [5.41, 5.74) is 3.80. The summed E-state index contributed by atoms with van der Waals surface area (Å²) in [6.07, 6.45) is 2.47. The van der Waals surface area contributed by atoms with E-state index in [1.165, 1.54) is 35.9 Å². The molecule has 1 aromatic heterocycles. The topological polar surface area (TPSA) is 25.2 Å². The Hall–Kier alpha value is -1.28. The van der Waals surface area contributed by atoms with Crippen LogP contribution in [0.5, 0.6) is 0 Å². The molecule has 1 fully saturated rings. The summed E-state index contributed by atoms with van der Waals surface area (Å²) in [6, 6.07) is 6.44. The average molecular weight is 229 g/mol. The van der Waals surface area contributed by atoms with Gasteiger partial charge in [-0.25, -0.2) is 0 Å². The number of hydrogen-bond acceptors (Lipinski definition) is 2. The van der Waals surface area contributed by atoms with Crippen molar-refractivity contribution in [3.63, 3.8) is 0 Å². The van der Waals surface area contributed by atoms with E-state index in [-0.39, 0.29) is 0 Å². The van der Waals surface area contributed by atoms with Crippen LogP contribution < -0.4 is 5.32 Å². The lowest BCUT2D eigenvalue weighted by Crippen LogP contribution is -2.10. The van der Waals surface area contributed by atoms with E-state index in [1.807, 2.05) is 0 Å². The van der Waals surface area contributed by atoms with Crippen molar-refractivity contribution in [1.29, 1.82) is 0 Å². The van der Waals surface area contributed by atoms with Crippen LogP contribution in [0.25, 0.3) is 11.0 Å². The highest BCUT2D eigenvalue weighted by molar-refractivity contribution is 5.85. The predicted molar refractivity (Wildman–Crippen MR) is 70.4 cm³/mol. The third-order valence-corrected chi connectivity index (χ3v) is 3.95. The van der Waals surface area contributed by atoms with E-state index in [4.69, 9.17) is 4.42 Å². The fourth-order valence-corrected chi connectivity index (χ4v) is 2.87. The molecule has 0 aliphatic carbocycles. The molecule has 90 valence electrons. The predicted octanol–water partition coefficient (Wildman–Crippen LogP) is 3.20. The standard InChI is InChI=1S/C15H19NO/c1-10-11(2)17-14-5-3-4-13(15(10)14)8-12-6-7-16-9-12/h3-5,12,16H,6-9H2,1-2H3. The highest BCUT2D eigenvalue weighted by Crippen LogP contribution is 2.30. The van der Waals surface area contributed by atoms with Crippen LogP contribution in [0.3, 0.4) is 0 Å². The smallest absolute Gasteiger partial charge is 0.134 e. The van der Waals surface area contributed by atoms with Gasteiger partial charge in [-0.1, -0.05) is 12.1 Å². The number of hydrogen-bond donors (Lipinski definition) is 1. The fraction of sp³-hybridized carbons (Fsp3) is 0.467. The molecule has 1 aliphatic heterocycles. The van der Waals surface area contributed by atoms with E-state index in [9.17, 15) is 0 Å². The average Bonchev–Trinajstić information content (AvgIpc) is 2.90. The van der Waals surface area contributed by atoms with Gasteiger partial charge in [0.1, 0.15) is 11.3 Å². The van der Waals surface area contributed by atoms with Crippen LogP contribution in [0.15, 0.2) is 22.6 Å². The summed E-state index contributed by atoms with van der Waals surface area (Å²) in [4.78, 5) is 0. The third kappa shape index (κ3) is 1.87. The number of furan rings is 1. The summed E-state index contributed by atoms with van der Waals surface area (Å²) < 4.78 is 5.79. The quantitative estimate of drug-likeness (QED) is 0.855. The maximum atomic E-state index is 5.79. The summed E-state index contributed by atoms with van der Waals surface area (Å²) >= 11 is 0. The van der Waals surface area contributed by atoms with Gasteiger partial charge in [0, 0.05) is 5.39 Å². The normalized spacial score (nSPS) is 20.2. The van der Waals surface area contributed by atoms with Gasteiger partial charge < -0.3 is 9.73 Å². The second kappa shape index (κ2) is 4.19. The van der Waals surface area contributed by atoms with Crippen molar-refractivity contribution in [2.45, 2.75) is 26.7 Å². The van der Waals surface area contributed by atoms with Crippen molar-refractivity contribution in [2.24, 2.45) is 5.92 Å². The molecule has 0 saturated carbocycles. The molecule has 1 aliphatic rings. The molecule has 2 heteroatoms. The second-order valence-electron chi connectivity index (χ2n) is 5.14. The molecule has 1 N–H and O–H groups in total. The third-order valence-electron chi connectivity index (χ3n) is 3.95. The van der Waals surface area contributed by atoms with Gasteiger partial charge in [0.2, 0.25) is 0 Å². The Kier molecular flexibility index (Phi) is 2.67. The molecule has 3 rings (SSSR count). The monoisotopic (exact) mass is 229 g/mol. The molecular formula is C15H19NO. The molecule has 0 radical (unpaired) electrons. The van der Waals surface area contributed by atoms with Crippen LogP contribution in [-0.4, -0.2) is 13.1 Å². The van der Waals surface area contributed by atoms with Gasteiger partial charge in [-0.3, -0.25) is 0 Å². The molecule has 1 aromatic carbocycles. The van der Waals surface area contributed by atoms with Crippen LogP contribution in [0.1, 0.15) is 23.3 Å². The maximum Gasteiger partial charge on any atom is 0.134 e. The van der Waals surface area contributed by atoms with Gasteiger partial charge in [-0.05, 0) is 62.9 Å². The Labute approximate surface area is 102 Å². The van der Waals surface area contributed by atoms with Crippen molar-refractivity contribution in [3.05, 3.63) is 35.1 Å². The molecule has 1 atom stereocenters. The van der Waals surface area contributed by atoms with E-state index in [0.717, 1.165) is 23.8 Å². The van der Waals surface area contributed by atoms with E-state index in [0.29, 0.717) is 0 Å². The largest absolute Gasteiger partial charge is 0.461 e. The fourth-order valence-electron chi connectivity index (χ4n) is 2.87. The molecule has 2 heterocycles. The van der Waals surface area contributed by atoms with Crippen LogP contribution >= 0.6 is 0 Å². The Morgan fingerprint density at radius 2 is 2.24 bits per heavy atom. The van der Waals surface area contributed by atoms with Crippen LogP contribution in [0.4, 0.5) is 0 Å². The molecule has 0 bridgehead atoms. The van der Waals surface area contributed by atoms with Gasteiger partial charge in [0.05, 0.1) is 0 Å². The lowest BCUT2D eigenvalue weighted by Gasteiger charge is -2.09.